The Morgan fingerprint density at radius 3 is 2.33 bits per heavy atom. The number of ether oxygens (including phenoxy) is 3. The molecule has 0 aliphatic carbocycles. The van der Waals surface area contributed by atoms with Gasteiger partial charge in [-0.1, -0.05) is 0 Å². The van der Waals surface area contributed by atoms with Gasteiger partial charge in [0.25, 0.3) is 0 Å². The van der Waals surface area contributed by atoms with Crippen LogP contribution in [0.5, 0.6) is 5.75 Å². The molecule has 0 radical (unpaired) electrons. The van der Waals surface area contributed by atoms with Crippen molar-refractivity contribution < 1.29 is 36.6 Å². The van der Waals surface area contributed by atoms with Gasteiger partial charge in [-0.2, -0.15) is 13.2 Å². The van der Waals surface area contributed by atoms with Gasteiger partial charge in [-0.25, -0.2) is 4.39 Å². The van der Waals surface area contributed by atoms with Gasteiger partial charge in [0, 0.05) is 20.8 Å². The first-order valence-electron chi connectivity index (χ1n) is 6.97. The highest BCUT2D eigenvalue weighted by Gasteiger charge is 2.42. The first-order valence-corrected chi connectivity index (χ1v) is 6.97. The lowest BCUT2D eigenvalue weighted by Gasteiger charge is -2.27. The predicted octanol–water partition coefficient (Wildman–Crippen LogP) is 2.39. The number of methoxy groups -OCH3 is 3. The highest BCUT2D eigenvalue weighted by molar-refractivity contribution is 5.81. The molecule has 1 aromatic carbocycles. The molecule has 0 bridgehead atoms. The Hall–Kier alpha value is -1.87. The number of carbonyl (C=O) groups excluding carboxylic acids is 1. The van der Waals surface area contributed by atoms with Crippen LogP contribution in [-0.4, -0.2) is 57.7 Å². The minimum absolute atomic E-state index is 0.120. The number of carbonyl (C=O) groups is 1. The van der Waals surface area contributed by atoms with E-state index in [2.05, 4.69) is 0 Å². The molecule has 1 amide bonds. The Bertz CT molecular complexity index is 547. The van der Waals surface area contributed by atoms with E-state index in [-0.39, 0.29) is 18.5 Å². The summed E-state index contributed by atoms with van der Waals surface area (Å²) in [4.78, 5) is 12.1. The van der Waals surface area contributed by atoms with Gasteiger partial charge in [-0.3, -0.25) is 4.79 Å². The van der Waals surface area contributed by atoms with Gasteiger partial charge < -0.3 is 19.1 Å². The van der Waals surface area contributed by atoms with E-state index in [0.29, 0.717) is 10.6 Å². The number of nitrogens with zero attached hydrogens (tertiary/aromatic N) is 1. The summed E-state index contributed by atoms with van der Waals surface area (Å²) in [6.45, 7) is -0.789. The molecule has 0 N–H and O–H groups in total. The summed E-state index contributed by atoms with van der Waals surface area (Å²) in [5.41, 5.74) is 0.140. The second-order valence-electron chi connectivity index (χ2n) is 4.86. The zero-order valence-corrected chi connectivity index (χ0v) is 13.5. The molecule has 0 aromatic heterocycles. The SMILES string of the molecule is COc1ccc(F)c(CCN(CC(OC)OC)C(=O)C(F)(F)F)c1. The number of benzene rings is 1. The smallest absolute Gasteiger partial charge is 0.471 e. The average Bonchev–Trinajstić information content (AvgIpc) is 2.55. The van der Waals surface area contributed by atoms with E-state index >= 15 is 0 Å². The van der Waals surface area contributed by atoms with E-state index in [1.807, 2.05) is 0 Å². The first-order chi connectivity index (χ1) is 11.2. The van der Waals surface area contributed by atoms with Gasteiger partial charge in [-0.05, 0) is 30.2 Å². The maximum atomic E-state index is 13.8. The molecule has 5 nitrogen and oxygen atoms in total. The highest BCUT2D eigenvalue weighted by atomic mass is 19.4. The van der Waals surface area contributed by atoms with Crippen LogP contribution in [-0.2, 0) is 20.7 Å². The number of amides is 1. The molecule has 1 aromatic rings. The zero-order valence-electron chi connectivity index (χ0n) is 13.5. The van der Waals surface area contributed by atoms with Crippen molar-refractivity contribution in [3.63, 3.8) is 0 Å². The topological polar surface area (TPSA) is 48.0 Å². The van der Waals surface area contributed by atoms with Gasteiger partial charge in [0.1, 0.15) is 11.6 Å². The Labute approximate surface area is 137 Å². The lowest BCUT2D eigenvalue weighted by Crippen LogP contribution is -2.46. The molecule has 0 heterocycles. The zero-order chi connectivity index (χ0) is 18.3. The monoisotopic (exact) mass is 353 g/mol. The predicted molar refractivity (Wildman–Crippen MR) is 77.1 cm³/mol. The summed E-state index contributed by atoms with van der Waals surface area (Å²) in [5.74, 6) is -2.26. The van der Waals surface area contributed by atoms with Crippen LogP contribution in [0.25, 0.3) is 0 Å². The van der Waals surface area contributed by atoms with Crippen LogP contribution in [0.2, 0.25) is 0 Å². The summed E-state index contributed by atoms with van der Waals surface area (Å²) in [6.07, 6.45) is -6.18. The minimum atomic E-state index is -5.04. The Kier molecular flexibility index (Phi) is 7.43. The largest absolute Gasteiger partial charge is 0.497 e. The van der Waals surface area contributed by atoms with Crippen molar-refractivity contribution in [2.45, 2.75) is 18.9 Å². The molecule has 0 fully saturated rings. The number of hydrogen-bond donors (Lipinski definition) is 0. The molecule has 0 aliphatic rings. The molecule has 9 heteroatoms. The van der Waals surface area contributed by atoms with Crippen LogP contribution in [0.3, 0.4) is 0 Å². The van der Waals surface area contributed by atoms with Crippen molar-refractivity contribution in [2.24, 2.45) is 0 Å². The molecule has 0 atom stereocenters. The summed E-state index contributed by atoms with van der Waals surface area (Å²) >= 11 is 0. The van der Waals surface area contributed by atoms with Crippen LogP contribution in [0.15, 0.2) is 18.2 Å². The molecule has 0 aliphatic heterocycles. The summed E-state index contributed by atoms with van der Waals surface area (Å²) in [7, 11) is 3.87. The van der Waals surface area contributed by atoms with Crippen molar-refractivity contribution in [3.05, 3.63) is 29.6 Å². The van der Waals surface area contributed by atoms with Crippen molar-refractivity contribution in [3.8, 4) is 5.75 Å². The lowest BCUT2D eigenvalue weighted by molar-refractivity contribution is -0.192. The number of rotatable bonds is 8. The molecule has 24 heavy (non-hydrogen) atoms. The second-order valence-corrected chi connectivity index (χ2v) is 4.86. The third-order valence-corrected chi connectivity index (χ3v) is 3.33. The van der Waals surface area contributed by atoms with E-state index in [0.717, 1.165) is 6.07 Å². The van der Waals surface area contributed by atoms with Crippen LogP contribution in [0, 0.1) is 5.82 Å². The molecule has 136 valence electrons. The standard InChI is InChI=1S/C15H19F4NO4/c1-22-11-4-5-12(16)10(8-11)6-7-20(9-13(23-2)24-3)14(21)15(17,18)19/h4-5,8,13H,6-7,9H2,1-3H3. The Morgan fingerprint density at radius 1 is 1.21 bits per heavy atom. The molecular formula is C15H19F4NO4. The molecule has 0 unspecified atom stereocenters. The van der Waals surface area contributed by atoms with Gasteiger partial charge in [-0.15, -0.1) is 0 Å². The summed E-state index contributed by atoms with van der Waals surface area (Å²) < 4.78 is 66.5. The van der Waals surface area contributed by atoms with Crippen molar-refractivity contribution in [1.29, 1.82) is 0 Å². The quantitative estimate of drug-likeness (QED) is 0.532. The summed E-state index contributed by atoms with van der Waals surface area (Å²) in [6, 6.07) is 3.91. The molecule has 0 saturated heterocycles. The summed E-state index contributed by atoms with van der Waals surface area (Å²) in [5, 5.41) is 0. The van der Waals surface area contributed by atoms with Crippen LogP contribution in [0.1, 0.15) is 5.56 Å². The molecular weight excluding hydrogens is 334 g/mol. The van der Waals surface area contributed by atoms with Gasteiger partial charge in [0.05, 0.1) is 13.7 Å². The highest BCUT2D eigenvalue weighted by Crippen LogP contribution is 2.21. The second kappa shape index (κ2) is 8.84. The minimum Gasteiger partial charge on any atom is -0.497 e. The maximum absolute atomic E-state index is 13.8. The number of hydrogen-bond acceptors (Lipinski definition) is 4. The fourth-order valence-corrected chi connectivity index (χ4v) is 2.01. The Balaban J connectivity index is 2.90. The molecule has 1 rings (SSSR count). The van der Waals surface area contributed by atoms with Gasteiger partial charge in [0.2, 0.25) is 0 Å². The van der Waals surface area contributed by atoms with E-state index in [9.17, 15) is 22.4 Å². The van der Waals surface area contributed by atoms with Crippen LogP contribution in [0.4, 0.5) is 17.6 Å². The van der Waals surface area contributed by atoms with Gasteiger partial charge in [0.15, 0.2) is 6.29 Å². The van der Waals surface area contributed by atoms with Crippen molar-refractivity contribution >= 4 is 5.91 Å². The normalized spacial score (nSPS) is 11.7. The third-order valence-electron chi connectivity index (χ3n) is 3.33. The average molecular weight is 353 g/mol. The van der Waals surface area contributed by atoms with Gasteiger partial charge >= 0.3 is 12.1 Å². The molecule has 0 spiro atoms. The third kappa shape index (κ3) is 5.64. The van der Waals surface area contributed by atoms with E-state index < -0.39 is 30.7 Å². The fourth-order valence-electron chi connectivity index (χ4n) is 2.01. The van der Waals surface area contributed by atoms with Crippen molar-refractivity contribution in [2.75, 3.05) is 34.4 Å². The Morgan fingerprint density at radius 2 is 1.83 bits per heavy atom. The number of alkyl halides is 3. The number of halogens is 4. The van der Waals surface area contributed by atoms with Crippen molar-refractivity contribution in [1.82, 2.24) is 4.90 Å². The van der Waals surface area contributed by atoms with Crippen LogP contribution >= 0.6 is 0 Å². The molecule has 0 saturated carbocycles. The van der Waals surface area contributed by atoms with Crippen LogP contribution < -0.4 is 4.74 Å². The van der Waals surface area contributed by atoms with E-state index in [1.54, 1.807) is 0 Å². The fraction of sp³-hybridized carbons (Fsp3) is 0.533. The maximum Gasteiger partial charge on any atom is 0.471 e. The first kappa shape index (κ1) is 20.2. The lowest BCUT2D eigenvalue weighted by atomic mass is 10.1. The van der Waals surface area contributed by atoms with E-state index in [4.69, 9.17) is 14.2 Å². The van der Waals surface area contributed by atoms with E-state index in [1.165, 1.54) is 33.5 Å².